The zero-order valence-electron chi connectivity index (χ0n) is 11.8. The number of aliphatic hydroxyl groups is 1. The van der Waals surface area contributed by atoms with E-state index in [9.17, 15) is 5.11 Å². The molecule has 1 aromatic heterocycles. The van der Waals surface area contributed by atoms with Gasteiger partial charge in [0.1, 0.15) is 23.2 Å². The zero-order chi connectivity index (χ0) is 15.0. The molecule has 0 amide bonds. The summed E-state index contributed by atoms with van der Waals surface area (Å²) in [5.41, 5.74) is 2.52. The fourth-order valence-corrected chi connectivity index (χ4v) is 2.88. The average Bonchev–Trinajstić information content (AvgIpc) is 2.92. The van der Waals surface area contributed by atoms with Crippen molar-refractivity contribution in [2.24, 2.45) is 0 Å². The van der Waals surface area contributed by atoms with Gasteiger partial charge in [0.2, 0.25) is 0 Å². The maximum Gasteiger partial charge on any atom is 0.148 e. The van der Waals surface area contributed by atoms with Gasteiger partial charge in [-0.1, -0.05) is 18.2 Å². The number of methoxy groups -OCH3 is 1. The maximum atomic E-state index is 10.6. The van der Waals surface area contributed by atoms with Crippen LogP contribution in [0.4, 0.5) is 0 Å². The van der Waals surface area contributed by atoms with Crippen molar-refractivity contribution in [2.75, 3.05) is 7.11 Å². The number of aliphatic hydroxyl groups excluding tert-OH is 1. The third-order valence-electron chi connectivity index (χ3n) is 3.56. The molecule has 1 N–H and O–H groups in total. The Morgan fingerprint density at radius 1 is 1.19 bits per heavy atom. The summed E-state index contributed by atoms with van der Waals surface area (Å²) >= 11 is 3.46. The highest BCUT2D eigenvalue weighted by Crippen LogP contribution is 2.33. The zero-order valence-corrected chi connectivity index (χ0v) is 13.3. The van der Waals surface area contributed by atoms with E-state index in [1.807, 2.05) is 49.4 Å². The first-order chi connectivity index (χ1) is 10.1. The summed E-state index contributed by atoms with van der Waals surface area (Å²) in [6.45, 7) is 1.94. The van der Waals surface area contributed by atoms with Crippen LogP contribution in [0.3, 0.4) is 0 Å². The largest absolute Gasteiger partial charge is 0.497 e. The molecule has 21 heavy (non-hydrogen) atoms. The highest BCUT2D eigenvalue weighted by molar-refractivity contribution is 9.10. The van der Waals surface area contributed by atoms with Crippen molar-refractivity contribution < 1.29 is 14.3 Å². The van der Waals surface area contributed by atoms with Crippen LogP contribution in [0.5, 0.6) is 5.75 Å². The first-order valence-electron chi connectivity index (χ1n) is 6.60. The second-order valence-corrected chi connectivity index (χ2v) is 5.79. The molecule has 0 aliphatic carbocycles. The van der Waals surface area contributed by atoms with E-state index in [4.69, 9.17) is 9.15 Å². The minimum Gasteiger partial charge on any atom is -0.497 e. The van der Waals surface area contributed by atoms with E-state index in [2.05, 4.69) is 15.9 Å². The van der Waals surface area contributed by atoms with E-state index in [1.54, 1.807) is 7.11 Å². The molecule has 108 valence electrons. The Morgan fingerprint density at radius 2 is 2.00 bits per heavy atom. The lowest BCUT2D eigenvalue weighted by Gasteiger charge is -2.12. The van der Waals surface area contributed by atoms with Gasteiger partial charge in [0.05, 0.1) is 11.6 Å². The number of rotatable bonds is 3. The van der Waals surface area contributed by atoms with Crippen molar-refractivity contribution >= 4 is 26.9 Å². The SMILES string of the molecule is COc1ccc(C(O)c2cc3cccc(Br)c3o2)c(C)c1. The van der Waals surface area contributed by atoms with Crippen molar-refractivity contribution in [3.8, 4) is 5.75 Å². The minimum absolute atomic E-state index is 0.533. The molecule has 4 heteroatoms. The summed E-state index contributed by atoms with van der Waals surface area (Å²) in [5.74, 6) is 1.31. The maximum absolute atomic E-state index is 10.6. The number of fused-ring (bicyclic) bond motifs is 1. The van der Waals surface area contributed by atoms with Crippen LogP contribution < -0.4 is 4.74 Å². The summed E-state index contributed by atoms with van der Waals surface area (Å²) in [6.07, 6.45) is -0.796. The average molecular weight is 347 g/mol. The van der Waals surface area contributed by atoms with E-state index in [0.29, 0.717) is 5.76 Å². The monoisotopic (exact) mass is 346 g/mol. The van der Waals surface area contributed by atoms with Crippen LogP contribution in [-0.4, -0.2) is 12.2 Å². The molecule has 1 unspecified atom stereocenters. The standard InChI is InChI=1S/C17H15BrO3/c1-10-8-12(20-2)6-7-13(10)16(19)15-9-11-4-3-5-14(18)17(11)21-15/h3-9,16,19H,1-2H3. The molecule has 0 saturated carbocycles. The van der Waals surface area contributed by atoms with Gasteiger partial charge in [0.25, 0.3) is 0 Å². The molecule has 1 heterocycles. The van der Waals surface area contributed by atoms with Crippen LogP contribution in [0.2, 0.25) is 0 Å². The fraction of sp³-hybridized carbons (Fsp3) is 0.176. The van der Waals surface area contributed by atoms with Crippen molar-refractivity contribution in [1.82, 2.24) is 0 Å². The molecule has 0 radical (unpaired) electrons. The fourth-order valence-electron chi connectivity index (χ4n) is 2.42. The Hall–Kier alpha value is -1.78. The van der Waals surface area contributed by atoms with Crippen LogP contribution in [-0.2, 0) is 0 Å². The summed E-state index contributed by atoms with van der Waals surface area (Å²) < 4.78 is 11.9. The van der Waals surface area contributed by atoms with Crippen LogP contribution in [0, 0.1) is 6.92 Å². The number of para-hydroxylation sites is 1. The molecule has 0 saturated heterocycles. The Bertz CT molecular complexity index is 792. The molecule has 0 aliphatic heterocycles. The Labute approximate surface area is 131 Å². The van der Waals surface area contributed by atoms with Gasteiger partial charge in [-0.2, -0.15) is 0 Å². The predicted molar refractivity (Wildman–Crippen MR) is 85.7 cm³/mol. The highest BCUT2D eigenvalue weighted by Gasteiger charge is 2.18. The van der Waals surface area contributed by atoms with E-state index in [0.717, 1.165) is 32.3 Å². The quantitative estimate of drug-likeness (QED) is 0.753. The van der Waals surface area contributed by atoms with Gasteiger partial charge in [-0.15, -0.1) is 0 Å². The number of ether oxygens (including phenoxy) is 1. The molecule has 0 fully saturated rings. The van der Waals surface area contributed by atoms with Gasteiger partial charge in [-0.05, 0) is 58.2 Å². The number of hydrogen-bond donors (Lipinski definition) is 1. The van der Waals surface area contributed by atoms with E-state index < -0.39 is 6.10 Å². The van der Waals surface area contributed by atoms with Crippen LogP contribution in [0.25, 0.3) is 11.0 Å². The normalized spacial score (nSPS) is 12.6. The summed E-state index contributed by atoms with van der Waals surface area (Å²) in [6, 6.07) is 13.3. The molecular formula is C17H15BrO3. The van der Waals surface area contributed by atoms with Gasteiger partial charge >= 0.3 is 0 Å². The molecule has 1 atom stereocenters. The van der Waals surface area contributed by atoms with Crippen molar-refractivity contribution in [2.45, 2.75) is 13.0 Å². The lowest BCUT2D eigenvalue weighted by atomic mass is 10.0. The lowest BCUT2D eigenvalue weighted by molar-refractivity contribution is 0.191. The van der Waals surface area contributed by atoms with Crippen molar-refractivity contribution in [1.29, 1.82) is 0 Å². The van der Waals surface area contributed by atoms with Crippen LogP contribution in [0.1, 0.15) is 23.0 Å². The Kier molecular flexibility index (Phi) is 3.74. The van der Waals surface area contributed by atoms with E-state index in [1.165, 1.54) is 0 Å². The van der Waals surface area contributed by atoms with Crippen molar-refractivity contribution in [3.63, 3.8) is 0 Å². The summed E-state index contributed by atoms with van der Waals surface area (Å²) in [5, 5.41) is 11.5. The first-order valence-corrected chi connectivity index (χ1v) is 7.40. The molecule has 0 spiro atoms. The van der Waals surface area contributed by atoms with Crippen LogP contribution >= 0.6 is 15.9 Å². The van der Waals surface area contributed by atoms with Gasteiger partial charge < -0.3 is 14.3 Å². The Morgan fingerprint density at radius 3 is 2.67 bits per heavy atom. The third-order valence-corrected chi connectivity index (χ3v) is 4.18. The van der Waals surface area contributed by atoms with E-state index >= 15 is 0 Å². The topological polar surface area (TPSA) is 42.6 Å². The molecule has 3 nitrogen and oxygen atoms in total. The second-order valence-electron chi connectivity index (χ2n) is 4.93. The van der Waals surface area contributed by atoms with E-state index in [-0.39, 0.29) is 0 Å². The number of hydrogen-bond acceptors (Lipinski definition) is 3. The lowest BCUT2D eigenvalue weighted by Crippen LogP contribution is -2.01. The molecule has 0 aliphatic rings. The van der Waals surface area contributed by atoms with Gasteiger partial charge in [-0.3, -0.25) is 0 Å². The molecular weight excluding hydrogens is 332 g/mol. The van der Waals surface area contributed by atoms with Gasteiger partial charge in [0.15, 0.2) is 0 Å². The van der Waals surface area contributed by atoms with Crippen LogP contribution in [0.15, 0.2) is 51.4 Å². The smallest absolute Gasteiger partial charge is 0.148 e. The molecule has 2 aromatic carbocycles. The number of benzene rings is 2. The highest BCUT2D eigenvalue weighted by atomic mass is 79.9. The van der Waals surface area contributed by atoms with Crippen molar-refractivity contribution in [3.05, 3.63) is 63.8 Å². The minimum atomic E-state index is -0.796. The number of aryl methyl sites for hydroxylation is 1. The van der Waals surface area contributed by atoms with Gasteiger partial charge in [0, 0.05) is 5.39 Å². The number of furan rings is 1. The second kappa shape index (κ2) is 5.54. The molecule has 0 bridgehead atoms. The summed E-state index contributed by atoms with van der Waals surface area (Å²) in [4.78, 5) is 0. The third kappa shape index (κ3) is 2.57. The molecule has 3 rings (SSSR count). The first kappa shape index (κ1) is 14.2. The summed E-state index contributed by atoms with van der Waals surface area (Å²) in [7, 11) is 1.63. The predicted octanol–water partition coefficient (Wildman–Crippen LogP) is 4.59. The van der Waals surface area contributed by atoms with Gasteiger partial charge in [-0.25, -0.2) is 0 Å². The number of halogens is 1. The molecule has 3 aromatic rings. The Balaban J connectivity index is 2.04.